The Labute approximate surface area is 793 Å². The van der Waals surface area contributed by atoms with Crippen LogP contribution in [0.3, 0.4) is 0 Å². The minimum Gasteiger partial charge on any atom is -0.508 e. The summed E-state index contributed by atoms with van der Waals surface area (Å²) in [6, 6.07) is -24.7. The number of thiol groups is 2. The van der Waals surface area contributed by atoms with E-state index >= 15 is 0 Å². The Morgan fingerprint density at radius 1 is 0.391 bits per heavy atom. The van der Waals surface area contributed by atoms with E-state index in [1.165, 1.54) is 12.1 Å². The van der Waals surface area contributed by atoms with Crippen LogP contribution in [-0.4, -0.2) is 372 Å². The van der Waals surface area contributed by atoms with Gasteiger partial charge in [-0.25, -0.2) is 0 Å². The van der Waals surface area contributed by atoms with Crippen molar-refractivity contribution in [3.8, 4) is 5.75 Å². The van der Waals surface area contributed by atoms with Crippen LogP contribution in [0.15, 0.2) is 24.3 Å². The van der Waals surface area contributed by atoms with E-state index < -0.39 is 371 Å². The predicted octanol–water partition coefficient (Wildman–Crippen LogP) is -18.7. The number of phenols is 1. The molecular weight excluding hydrogens is 1890 g/mol. The fourth-order valence-electron chi connectivity index (χ4n) is 12.3. The van der Waals surface area contributed by atoms with E-state index in [0.717, 1.165) is 30.9 Å². The van der Waals surface area contributed by atoms with Crippen LogP contribution in [0.1, 0.15) is 103 Å². The van der Waals surface area contributed by atoms with Crippen molar-refractivity contribution in [3.63, 3.8) is 0 Å². The summed E-state index contributed by atoms with van der Waals surface area (Å²) in [5.41, 5.74) is 32.5. The molecule has 0 aromatic heterocycles. The molecule has 38 N–H and O–H groups in total. The molecule has 1 fully saturated rings. The Hall–Kier alpha value is -14.8. The minimum atomic E-state index is -2.15. The van der Waals surface area contributed by atoms with Gasteiger partial charge in [-0.05, 0) is 76.6 Å². The maximum Gasteiger partial charge on any atom is 0.322 e. The third-order valence-corrected chi connectivity index (χ3v) is 20.1. The predicted molar refractivity (Wildman–Crippen MR) is 470 cm³/mol. The fourth-order valence-corrected chi connectivity index (χ4v) is 12.9. The van der Waals surface area contributed by atoms with Crippen molar-refractivity contribution in [1.82, 2.24) is 101 Å². The van der Waals surface area contributed by atoms with Crippen molar-refractivity contribution in [2.75, 3.05) is 64.0 Å². The van der Waals surface area contributed by atoms with Crippen LogP contribution in [-0.2, 0) is 136 Å². The number of amides is 23. The highest BCUT2D eigenvalue weighted by Gasteiger charge is 2.42. The first-order valence-corrected chi connectivity index (χ1v) is 43.0. The molecule has 1 aromatic rings. The molecule has 1 aliphatic heterocycles. The zero-order chi connectivity index (χ0) is 105. The minimum absolute atomic E-state index is 0.0641. The molecule has 17 atom stereocenters. The lowest BCUT2D eigenvalue weighted by molar-refractivity contribution is -0.143. The van der Waals surface area contributed by atoms with E-state index in [4.69, 9.17) is 39.5 Å². The zero-order valence-electron chi connectivity index (χ0n) is 74.0. The summed E-state index contributed by atoms with van der Waals surface area (Å²) in [5.74, 6) is -36.7. The van der Waals surface area contributed by atoms with Gasteiger partial charge in [0, 0.05) is 30.9 Å². The summed E-state index contributed by atoms with van der Waals surface area (Å²) in [6.07, 6.45) is -10.0. The van der Waals surface area contributed by atoms with Crippen LogP contribution in [0.25, 0.3) is 0 Å². The number of phenolic OH excluding ortho intramolecular Hbond substituents is 1. The first-order chi connectivity index (χ1) is 64.7. The van der Waals surface area contributed by atoms with Crippen molar-refractivity contribution < 1.29 is 170 Å². The van der Waals surface area contributed by atoms with Gasteiger partial charge >= 0.3 is 23.9 Å². The van der Waals surface area contributed by atoms with Crippen LogP contribution >= 0.6 is 25.3 Å². The number of primary amides is 4. The highest BCUT2D eigenvalue weighted by atomic mass is 32.1. The number of benzene rings is 1. The Morgan fingerprint density at radius 2 is 0.761 bits per heavy atom. The Balaban J connectivity index is 2.31. The van der Waals surface area contributed by atoms with Gasteiger partial charge in [-0.15, -0.1) is 0 Å². The number of carbonyl (C=O) groups is 27. The second-order valence-electron chi connectivity index (χ2n) is 30.6. The number of aliphatic carboxylic acids is 4. The second-order valence-corrected chi connectivity index (χ2v) is 31.4. The molecule has 0 unspecified atom stereocenters. The number of unbranched alkanes of at least 4 members (excludes halogenated alkanes) is 1. The molecule has 1 aliphatic rings. The third-order valence-electron chi connectivity index (χ3n) is 19.4. The van der Waals surface area contributed by atoms with Gasteiger partial charge in [0.2, 0.25) is 136 Å². The van der Waals surface area contributed by atoms with Crippen molar-refractivity contribution >= 4 is 185 Å². The number of nitrogens with two attached hydrogens (primary N) is 6. The van der Waals surface area contributed by atoms with Crippen LogP contribution in [0, 0.1) is 0 Å². The number of carboxylic acids is 4. The maximum absolute atomic E-state index is 14.5. The maximum atomic E-state index is 14.5. The topological polar surface area (TPSA) is 999 Å². The molecule has 0 radical (unpaired) electrons. The number of nitrogens with one attached hydrogen (secondary N) is 18. The normalized spacial score (nSPS) is 15.4. The molecule has 766 valence electrons. The van der Waals surface area contributed by atoms with E-state index in [-0.39, 0.29) is 56.5 Å². The van der Waals surface area contributed by atoms with E-state index in [1.54, 1.807) is 0 Å². The smallest absolute Gasteiger partial charge is 0.322 e. The van der Waals surface area contributed by atoms with Gasteiger partial charge in [-0.1, -0.05) is 12.1 Å². The van der Waals surface area contributed by atoms with Crippen LogP contribution in [0.5, 0.6) is 5.75 Å². The van der Waals surface area contributed by atoms with Crippen LogP contribution in [0.2, 0.25) is 0 Å². The molecule has 60 nitrogen and oxygen atoms in total. The molecule has 1 heterocycles. The second kappa shape index (κ2) is 60.5. The number of nitrogens with zero attached hydrogens (tertiary/aromatic N) is 1. The largest absolute Gasteiger partial charge is 0.508 e. The number of hydrogen-bond acceptors (Lipinski definition) is 35. The summed E-state index contributed by atoms with van der Waals surface area (Å²) in [7, 11) is 0. The molecular formula is C76H115N25O35S2. The molecule has 1 aromatic carbocycles. The number of likely N-dealkylation sites (tertiary alicyclic amines) is 1. The summed E-state index contributed by atoms with van der Waals surface area (Å²) in [4.78, 5) is 353. The lowest BCUT2D eigenvalue weighted by atomic mass is 10.0. The molecule has 2 rings (SSSR count). The van der Waals surface area contributed by atoms with Gasteiger partial charge in [0.15, 0.2) is 0 Å². The van der Waals surface area contributed by atoms with Gasteiger partial charge in [-0.2, -0.15) is 25.3 Å². The molecule has 0 spiro atoms. The van der Waals surface area contributed by atoms with Crippen molar-refractivity contribution in [2.45, 2.75) is 207 Å². The average molecular weight is 2000 g/mol. The number of carbonyl (C=O) groups excluding carboxylic acids is 23. The highest BCUT2D eigenvalue weighted by molar-refractivity contribution is 7.80. The molecule has 138 heavy (non-hydrogen) atoms. The zero-order valence-corrected chi connectivity index (χ0v) is 75.8. The molecule has 0 aliphatic carbocycles. The summed E-state index contributed by atoms with van der Waals surface area (Å²) < 4.78 is 0. The summed E-state index contributed by atoms with van der Waals surface area (Å²) in [6.45, 7) is -4.39. The van der Waals surface area contributed by atoms with E-state index in [9.17, 15) is 165 Å². The Morgan fingerprint density at radius 3 is 1.20 bits per heavy atom. The number of carboxylic acid groups (broad SMARTS) is 4. The molecule has 0 bridgehead atoms. The van der Waals surface area contributed by atoms with E-state index in [1.807, 2.05) is 37.2 Å². The molecule has 62 heteroatoms. The van der Waals surface area contributed by atoms with E-state index in [2.05, 4.69) is 83.7 Å². The molecule has 23 amide bonds. The summed E-state index contributed by atoms with van der Waals surface area (Å²) in [5, 5.41) is 115. The average Bonchev–Trinajstić information content (AvgIpc) is 1.62. The fraction of sp³-hybridized carbons (Fsp3) is 0.566. The number of aromatic hydroxyl groups is 1. The first kappa shape index (κ1) is 119. The monoisotopic (exact) mass is 2000 g/mol. The lowest BCUT2D eigenvalue weighted by Gasteiger charge is -2.30. The number of hydrogen-bond donors (Lipinski definition) is 34. The Kier molecular flexibility index (Phi) is 52.3. The van der Waals surface area contributed by atoms with E-state index in [0.29, 0.717) is 0 Å². The van der Waals surface area contributed by atoms with Crippen molar-refractivity contribution in [3.05, 3.63) is 29.8 Å². The highest BCUT2D eigenvalue weighted by Crippen LogP contribution is 2.21. The quantitative estimate of drug-likeness (QED) is 0.0213. The third kappa shape index (κ3) is 44.1. The Bertz CT molecular complexity index is 4610. The number of aliphatic hydroxyl groups excluding tert-OH is 3. The SMILES string of the molecule is C[C@H](NC(=O)[C@H](CC(N)=O)NC(=O)[C@H](CC(=O)O)NC(=O)[C@@H](N)CO)C(=O)N[C@@H](CCCCN)C(=O)N[C@@H](CCC(=O)O)C(=O)N1CCC[C@H]1C(=O)NCC(=O)N[C@@H](CC(=O)O)C(=O)N[C@@H](Cc1ccc(O)cc1)C(=O)N[C@@H](CC(N)=O)C(=O)N[C@@H](CS)C(=O)N[C@@H](CS)C(=O)NCC(=O)N[C@@H](CC(N)=O)C(=O)NCC(=O)N[C@@H](CC(N)=O)C(=O)N[C@@H](CO)C(=O)N[C@H](C(=O)NCC(=O)O)[C@@H](C)O. The van der Waals surface area contributed by atoms with Crippen LogP contribution < -0.4 is 130 Å². The van der Waals surface area contributed by atoms with Gasteiger partial charge in [-0.3, -0.25) is 129 Å². The lowest BCUT2D eigenvalue weighted by Crippen LogP contribution is -2.61. The van der Waals surface area contributed by atoms with Gasteiger partial charge in [0.05, 0.1) is 77.5 Å². The molecule has 0 saturated carbocycles. The molecule has 1 saturated heterocycles. The van der Waals surface area contributed by atoms with Crippen LogP contribution in [0.4, 0.5) is 0 Å². The van der Waals surface area contributed by atoms with Crippen molar-refractivity contribution in [2.24, 2.45) is 34.4 Å². The number of rotatable bonds is 64. The first-order valence-electron chi connectivity index (χ1n) is 41.7. The van der Waals surface area contributed by atoms with Gasteiger partial charge in [0.1, 0.15) is 109 Å². The van der Waals surface area contributed by atoms with Gasteiger partial charge in [0.25, 0.3) is 0 Å². The van der Waals surface area contributed by atoms with Crippen molar-refractivity contribution in [1.29, 1.82) is 0 Å². The van der Waals surface area contributed by atoms with Gasteiger partial charge < -0.3 is 176 Å². The standard InChI is InChI=1S/C76H115N25O35S2/c1-31(87-66(126)41(19-51(81)108)95-71(131)44(22-58(117)118)93-62(122)35(78)27-102)61(121)91-36(6-3-4-14-77)65(125)92-37(12-13-56(113)114)76(136)101-15-5-7-48(101)74(134)85-25-55(112)90-43(21-57(115)116)70(130)94-38(16-33-8-10-34(105)11-9-33)67(127)96-42(20-52(82)109)69(129)99-47(30-138)73(133)98-46(29-137)64(124)84-24-53(110)88-39(17-49(79)106)63(123)83-23-54(111)89-40(18-50(80)107)68(128)97-45(28-103)72(132)100-60(32(2)104)75(135)86-26-59(119)120/h8-11,31-32,35-48,60,102-105,137-138H,3-7,12-30,77-78H2,1-2H3,(H2,79,106)(H2,80,107)(H2,81,108)(H2,82,109)(H,83,123)(H,84,124)(H,85,134)(H,86,135)(H,87,126)(H,88,110)(H,89,111)(H,90,112)(H,91,121)(H,92,125)(H,93,122)(H,94,130)(H,95,131)(H,96,127)(H,97,128)(H,98,133)(H,99,129)(H,100,132)(H,113,114)(H,115,116)(H,117,118)(H,119,120)/t31-,32+,35-,36-,37-,38-,39-,40-,41-,42-,43-,44-,45-,46-,47-,48-,60-/m0/s1. The summed E-state index contributed by atoms with van der Waals surface area (Å²) >= 11 is 8.14. The number of aliphatic hydroxyl groups is 3.